The predicted octanol–water partition coefficient (Wildman–Crippen LogP) is 4.30. The third-order valence-corrected chi connectivity index (χ3v) is 4.93. The highest BCUT2D eigenvalue weighted by atomic mass is 35.5. The van der Waals surface area contributed by atoms with Gasteiger partial charge < -0.3 is 0 Å². The maximum Gasteiger partial charge on any atom is 0.0706 e. The van der Waals surface area contributed by atoms with Crippen molar-refractivity contribution in [3.05, 3.63) is 30.0 Å². The fourth-order valence-corrected chi connectivity index (χ4v) is 3.63. The Labute approximate surface area is 119 Å². The molecule has 102 valence electrons. The van der Waals surface area contributed by atoms with Crippen molar-refractivity contribution >= 4 is 22.5 Å². The smallest absolute Gasteiger partial charge is 0.0706 e. The van der Waals surface area contributed by atoms with E-state index in [1.54, 1.807) is 0 Å². The number of aromatic nitrogens is 2. The van der Waals surface area contributed by atoms with Gasteiger partial charge in [0.15, 0.2) is 0 Å². The molecule has 3 rings (SSSR count). The molecule has 0 aliphatic heterocycles. The van der Waals surface area contributed by atoms with E-state index < -0.39 is 0 Å². The molecule has 2 atom stereocenters. The molecule has 2 unspecified atom stereocenters. The molecule has 1 fully saturated rings. The number of hydrogen-bond acceptors (Lipinski definition) is 1. The lowest BCUT2D eigenvalue weighted by Gasteiger charge is -2.18. The molecule has 0 N–H and O–H groups in total. The zero-order valence-corrected chi connectivity index (χ0v) is 12.2. The Morgan fingerprint density at radius 2 is 2.00 bits per heavy atom. The molecule has 0 saturated heterocycles. The summed E-state index contributed by atoms with van der Waals surface area (Å²) >= 11 is 6.56. The van der Waals surface area contributed by atoms with Crippen LogP contribution in [-0.4, -0.2) is 15.2 Å². The normalized spacial score (nSPS) is 24.5. The molecule has 1 aromatic carbocycles. The first-order valence-electron chi connectivity index (χ1n) is 7.30. The molecule has 2 aromatic rings. The van der Waals surface area contributed by atoms with Crippen molar-refractivity contribution in [2.24, 2.45) is 13.0 Å². The highest BCUT2D eigenvalue weighted by Gasteiger charge is 2.23. The van der Waals surface area contributed by atoms with Crippen LogP contribution in [0, 0.1) is 5.92 Å². The molecule has 0 radical (unpaired) electrons. The van der Waals surface area contributed by atoms with E-state index >= 15 is 0 Å². The molecule has 2 nitrogen and oxygen atoms in total. The lowest BCUT2D eigenvalue weighted by atomic mass is 9.93. The Hall–Kier alpha value is -1.02. The number of halogens is 1. The number of rotatable bonds is 2. The van der Waals surface area contributed by atoms with Crippen molar-refractivity contribution in [3.8, 4) is 0 Å². The van der Waals surface area contributed by atoms with Crippen molar-refractivity contribution in [2.75, 3.05) is 0 Å². The van der Waals surface area contributed by atoms with Gasteiger partial charge in [-0.25, -0.2) is 0 Å². The van der Waals surface area contributed by atoms with Crippen LogP contribution in [0.3, 0.4) is 0 Å². The molecule has 0 amide bonds. The average Bonchev–Trinajstić information content (AvgIpc) is 2.59. The number of nitrogens with zero attached hydrogens (tertiary/aromatic N) is 2. The van der Waals surface area contributed by atoms with Gasteiger partial charge in [-0.1, -0.05) is 37.5 Å². The van der Waals surface area contributed by atoms with Gasteiger partial charge >= 0.3 is 0 Å². The molecule has 0 bridgehead atoms. The largest absolute Gasteiger partial charge is 0.268 e. The van der Waals surface area contributed by atoms with Crippen LogP contribution in [0.4, 0.5) is 0 Å². The monoisotopic (exact) mass is 276 g/mol. The van der Waals surface area contributed by atoms with Gasteiger partial charge in [-0.2, -0.15) is 5.10 Å². The van der Waals surface area contributed by atoms with Crippen LogP contribution in [0.5, 0.6) is 0 Å². The summed E-state index contributed by atoms with van der Waals surface area (Å²) in [4.78, 5) is 0. The first kappa shape index (κ1) is 13.0. The first-order chi connectivity index (χ1) is 9.25. The zero-order valence-electron chi connectivity index (χ0n) is 11.5. The summed E-state index contributed by atoms with van der Waals surface area (Å²) in [6, 6.07) is 8.48. The zero-order chi connectivity index (χ0) is 13.2. The van der Waals surface area contributed by atoms with Crippen LogP contribution in [0.15, 0.2) is 24.3 Å². The van der Waals surface area contributed by atoms with Crippen molar-refractivity contribution in [3.63, 3.8) is 0 Å². The minimum Gasteiger partial charge on any atom is -0.268 e. The topological polar surface area (TPSA) is 17.8 Å². The minimum absolute atomic E-state index is 0.322. The minimum atomic E-state index is 0.322. The molecular formula is C16H21ClN2. The summed E-state index contributed by atoms with van der Waals surface area (Å²) in [6.07, 6.45) is 7.38. The third kappa shape index (κ3) is 2.64. The van der Waals surface area contributed by atoms with Gasteiger partial charge in [-0.05, 0) is 31.2 Å². The SMILES string of the molecule is Cn1nc(CC2CCCCCC2Cl)c2ccccc21. The highest BCUT2D eigenvalue weighted by Crippen LogP contribution is 2.31. The number of hydrogen-bond donors (Lipinski definition) is 0. The fourth-order valence-electron chi connectivity index (χ4n) is 3.26. The van der Waals surface area contributed by atoms with Gasteiger partial charge in [0.1, 0.15) is 0 Å². The first-order valence-corrected chi connectivity index (χ1v) is 7.74. The highest BCUT2D eigenvalue weighted by molar-refractivity contribution is 6.20. The lowest BCUT2D eigenvalue weighted by molar-refractivity contribution is 0.459. The van der Waals surface area contributed by atoms with Gasteiger partial charge in [0.2, 0.25) is 0 Å². The summed E-state index contributed by atoms with van der Waals surface area (Å²) in [5.74, 6) is 0.586. The average molecular weight is 277 g/mol. The van der Waals surface area contributed by atoms with E-state index in [0.717, 1.165) is 12.8 Å². The Bertz CT molecular complexity index is 561. The van der Waals surface area contributed by atoms with Gasteiger partial charge in [0.05, 0.1) is 11.2 Å². The van der Waals surface area contributed by atoms with E-state index in [1.807, 2.05) is 11.7 Å². The second-order valence-corrected chi connectivity index (χ2v) is 6.27. The number of aryl methyl sites for hydroxylation is 1. The molecule has 19 heavy (non-hydrogen) atoms. The number of alkyl halides is 1. The second-order valence-electron chi connectivity index (χ2n) is 5.71. The molecule has 0 spiro atoms. The molecule has 1 saturated carbocycles. The third-order valence-electron chi connectivity index (χ3n) is 4.36. The van der Waals surface area contributed by atoms with Crippen molar-refractivity contribution in [1.82, 2.24) is 9.78 Å². The van der Waals surface area contributed by atoms with Crippen LogP contribution >= 0.6 is 11.6 Å². The van der Waals surface area contributed by atoms with E-state index in [2.05, 4.69) is 24.3 Å². The standard InChI is InChI=1S/C16H21ClN2/c1-19-16-10-6-5-8-13(16)15(18-19)11-12-7-3-2-4-9-14(12)17/h5-6,8,10,12,14H,2-4,7,9,11H2,1H3. The number of benzene rings is 1. The summed E-state index contributed by atoms with van der Waals surface area (Å²) in [6.45, 7) is 0. The molecule has 1 aromatic heterocycles. The second kappa shape index (κ2) is 5.54. The van der Waals surface area contributed by atoms with Crippen LogP contribution in [0.1, 0.15) is 37.8 Å². The van der Waals surface area contributed by atoms with Gasteiger partial charge in [0.25, 0.3) is 0 Å². The van der Waals surface area contributed by atoms with E-state index in [1.165, 1.54) is 42.3 Å². The lowest BCUT2D eigenvalue weighted by Crippen LogP contribution is -2.16. The van der Waals surface area contributed by atoms with Crippen LogP contribution in [-0.2, 0) is 13.5 Å². The Morgan fingerprint density at radius 3 is 2.89 bits per heavy atom. The van der Waals surface area contributed by atoms with Crippen molar-refractivity contribution in [2.45, 2.75) is 43.9 Å². The summed E-state index contributed by atoms with van der Waals surface area (Å²) in [7, 11) is 2.02. The Kier molecular flexibility index (Phi) is 3.79. The van der Waals surface area contributed by atoms with Gasteiger partial charge in [-0.15, -0.1) is 11.6 Å². The van der Waals surface area contributed by atoms with Crippen LogP contribution < -0.4 is 0 Å². The van der Waals surface area contributed by atoms with Gasteiger partial charge in [0, 0.05) is 17.8 Å². The van der Waals surface area contributed by atoms with Crippen molar-refractivity contribution in [1.29, 1.82) is 0 Å². The number of para-hydroxylation sites is 1. The quantitative estimate of drug-likeness (QED) is 0.591. The molecule has 1 aliphatic rings. The number of fused-ring (bicyclic) bond motifs is 1. The summed E-state index contributed by atoms with van der Waals surface area (Å²) in [5.41, 5.74) is 2.44. The maximum absolute atomic E-state index is 6.56. The summed E-state index contributed by atoms with van der Waals surface area (Å²) < 4.78 is 1.99. The van der Waals surface area contributed by atoms with Crippen LogP contribution in [0.25, 0.3) is 10.9 Å². The maximum atomic E-state index is 6.56. The Balaban J connectivity index is 1.88. The predicted molar refractivity (Wildman–Crippen MR) is 80.6 cm³/mol. The van der Waals surface area contributed by atoms with E-state index in [0.29, 0.717) is 11.3 Å². The molecule has 1 aliphatic carbocycles. The van der Waals surface area contributed by atoms with E-state index in [9.17, 15) is 0 Å². The molecule has 1 heterocycles. The fraction of sp³-hybridized carbons (Fsp3) is 0.562. The van der Waals surface area contributed by atoms with E-state index in [4.69, 9.17) is 16.7 Å². The van der Waals surface area contributed by atoms with Crippen LogP contribution in [0.2, 0.25) is 0 Å². The van der Waals surface area contributed by atoms with E-state index in [-0.39, 0.29) is 0 Å². The van der Waals surface area contributed by atoms with Crippen molar-refractivity contribution < 1.29 is 0 Å². The Morgan fingerprint density at radius 1 is 1.21 bits per heavy atom. The van der Waals surface area contributed by atoms with Gasteiger partial charge in [-0.3, -0.25) is 4.68 Å². The summed E-state index contributed by atoms with van der Waals surface area (Å²) in [5, 5.41) is 6.32. The molecular weight excluding hydrogens is 256 g/mol. The molecule has 3 heteroatoms.